The van der Waals surface area contributed by atoms with Gasteiger partial charge in [-0.15, -0.1) is 0 Å². The van der Waals surface area contributed by atoms with Crippen LogP contribution in [0.15, 0.2) is 24.3 Å². The van der Waals surface area contributed by atoms with E-state index < -0.39 is 5.54 Å². The maximum Gasteiger partial charge on any atom is 0.323 e. The van der Waals surface area contributed by atoms with Crippen molar-refractivity contribution in [3.63, 3.8) is 0 Å². The van der Waals surface area contributed by atoms with Gasteiger partial charge in [0.05, 0.1) is 0 Å². The normalized spacial score (nSPS) is 22.1. The van der Waals surface area contributed by atoms with E-state index in [9.17, 15) is 4.79 Å². The molecule has 5 nitrogen and oxygen atoms in total. The summed E-state index contributed by atoms with van der Waals surface area (Å²) in [5.41, 5.74) is 1.36. The molecule has 1 aliphatic rings. The van der Waals surface area contributed by atoms with Crippen LogP contribution in [0.5, 0.6) is 0 Å². The van der Waals surface area contributed by atoms with Gasteiger partial charge in [0.2, 0.25) is 0 Å². The minimum absolute atomic E-state index is 0.184. The van der Waals surface area contributed by atoms with E-state index in [4.69, 9.17) is 5.41 Å². The van der Waals surface area contributed by atoms with Crippen molar-refractivity contribution >= 4 is 17.6 Å². The summed E-state index contributed by atoms with van der Waals surface area (Å²) >= 11 is 0. The van der Waals surface area contributed by atoms with Gasteiger partial charge in [-0.3, -0.25) is 10.7 Å². The van der Waals surface area contributed by atoms with Crippen molar-refractivity contribution in [1.29, 1.82) is 5.41 Å². The molecule has 0 radical (unpaired) electrons. The third-order valence-electron chi connectivity index (χ3n) is 3.90. The topological polar surface area (TPSA) is 59.4 Å². The Morgan fingerprint density at radius 2 is 1.90 bits per heavy atom. The second-order valence-corrected chi connectivity index (χ2v) is 5.47. The summed E-state index contributed by atoms with van der Waals surface area (Å²) < 4.78 is 0. The highest BCUT2D eigenvalue weighted by molar-refractivity contribution is 6.08. The summed E-state index contributed by atoms with van der Waals surface area (Å²) in [7, 11) is 3.98. The average molecular weight is 274 g/mol. The number of amidine groups is 1. The van der Waals surface area contributed by atoms with Crippen LogP contribution in [0.25, 0.3) is 0 Å². The molecule has 2 rings (SSSR count). The molecule has 108 valence electrons. The molecular formula is C15H22N4O. The second kappa shape index (κ2) is 5.15. The Bertz CT molecular complexity index is 523. The molecular weight excluding hydrogens is 252 g/mol. The Labute approximate surface area is 120 Å². The molecule has 20 heavy (non-hydrogen) atoms. The van der Waals surface area contributed by atoms with Gasteiger partial charge >= 0.3 is 6.03 Å². The van der Waals surface area contributed by atoms with Crippen molar-refractivity contribution in [1.82, 2.24) is 10.2 Å². The highest BCUT2D eigenvalue weighted by atomic mass is 16.2. The number of hydrogen-bond donors (Lipinski definition) is 2. The molecule has 1 aliphatic heterocycles. The summed E-state index contributed by atoms with van der Waals surface area (Å²) in [6.07, 6.45) is 0.867. The van der Waals surface area contributed by atoms with Gasteiger partial charge in [0.25, 0.3) is 0 Å². The third kappa shape index (κ3) is 2.13. The van der Waals surface area contributed by atoms with Crippen molar-refractivity contribution in [2.45, 2.75) is 25.8 Å². The average Bonchev–Trinajstić information content (AvgIpc) is 2.64. The maximum absolute atomic E-state index is 12.0. The summed E-state index contributed by atoms with van der Waals surface area (Å²) in [4.78, 5) is 15.8. The first-order chi connectivity index (χ1) is 9.41. The highest BCUT2D eigenvalue weighted by Gasteiger charge is 2.47. The summed E-state index contributed by atoms with van der Waals surface area (Å²) in [6.45, 7) is 4.60. The number of hydrogen-bond acceptors (Lipinski definition) is 3. The second-order valence-electron chi connectivity index (χ2n) is 5.47. The number of nitrogens with zero attached hydrogens (tertiary/aromatic N) is 2. The monoisotopic (exact) mass is 274 g/mol. The van der Waals surface area contributed by atoms with E-state index in [1.807, 2.05) is 57.1 Å². The molecule has 2 amide bonds. The Hall–Kier alpha value is -2.04. The van der Waals surface area contributed by atoms with Crippen molar-refractivity contribution in [2.24, 2.45) is 0 Å². The Morgan fingerprint density at radius 1 is 1.30 bits per heavy atom. The fourth-order valence-electron chi connectivity index (χ4n) is 2.57. The highest BCUT2D eigenvalue weighted by Crippen LogP contribution is 2.33. The van der Waals surface area contributed by atoms with Crippen molar-refractivity contribution in [3.8, 4) is 0 Å². The third-order valence-corrected chi connectivity index (χ3v) is 3.90. The van der Waals surface area contributed by atoms with Gasteiger partial charge in [0.15, 0.2) is 0 Å². The SMILES string of the molecule is CCCN1C(=O)NC(=N)C1(C)c1ccc(N(C)C)cc1. The van der Waals surface area contributed by atoms with Crippen molar-refractivity contribution in [2.75, 3.05) is 25.5 Å². The molecule has 0 saturated carbocycles. The molecule has 1 atom stereocenters. The smallest absolute Gasteiger partial charge is 0.323 e. The van der Waals surface area contributed by atoms with E-state index in [1.54, 1.807) is 4.90 Å². The molecule has 0 spiro atoms. The first kappa shape index (κ1) is 14.4. The summed E-state index contributed by atoms with van der Waals surface area (Å²) in [6, 6.07) is 7.83. The molecule has 1 aromatic carbocycles. The first-order valence-electron chi connectivity index (χ1n) is 6.86. The fraction of sp³-hybridized carbons (Fsp3) is 0.467. The van der Waals surface area contributed by atoms with Crippen LogP contribution in [-0.4, -0.2) is 37.4 Å². The minimum atomic E-state index is -0.696. The van der Waals surface area contributed by atoms with E-state index in [2.05, 4.69) is 5.32 Å². The number of amides is 2. The Balaban J connectivity index is 2.41. The molecule has 1 heterocycles. The van der Waals surface area contributed by atoms with Gasteiger partial charge in [-0.25, -0.2) is 4.79 Å². The molecule has 1 saturated heterocycles. The standard InChI is InChI=1S/C15H22N4O/c1-5-10-19-14(20)17-13(16)15(19,2)11-6-8-12(9-7-11)18(3)4/h6-9H,5,10H2,1-4H3,(H2,16,17,20). The van der Waals surface area contributed by atoms with Crippen LogP contribution < -0.4 is 10.2 Å². The molecule has 5 heteroatoms. The quantitative estimate of drug-likeness (QED) is 0.885. The van der Waals surface area contributed by atoms with E-state index in [0.717, 1.165) is 17.7 Å². The predicted octanol–water partition coefficient (Wildman–Crippen LogP) is 2.38. The lowest BCUT2D eigenvalue weighted by Crippen LogP contribution is -2.44. The van der Waals surface area contributed by atoms with Crippen LogP contribution in [0, 0.1) is 5.41 Å². The molecule has 2 N–H and O–H groups in total. The van der Waals surface area contributed by atoms with E-state index >= 15 is 0 Å². The molecule has 0 aliphatic carbocycles. The van der Waals surface area contributed by atoms with Gasteiger partial charge < -0.3 is 9.80 Å². The number of nitrogens with one attached hydrogen (secondary N) is 2. The van der Waals surface area contributed by atoms with Crippen LogP contribution in [0.4, 0.5) is 10.5 Å². The van der Waals surface area contributed by atoms with Crippen LogP contribution >= 0.6 is 0 Å². The van der Waals surface area contributed by atoms with Gasteiger partial charge in [-0.05, 0) is 31.0 Å². The van der Waals surface area contributed by atoms with Crippen molar-refractivity contribution < 1.29 is 4.79 Å². The Morgan fingerprint density at radius 3 is 2.40 bits per heavy atom. The zero-order valence-corrected chi connectivity index (χ0v) is 12.5. The molecule has 0 aromatic heterocycles. The summed E-state index contributed by atoms with van der Waals surface area (Å²) in [5.74, 6) is 0.244. The lowest BCUT2D eigenvalue weighted by Gasteiger charge is -2.33. The molecule has 0 bridgehead atoms. The van der Waals surface area contributed by atoms with Crippen LogP contribution in [-0.2, 0) is 5.54 Å². The first-order valence-corrected chi connectivity index (χ1v) is 6.86. The number of rotatable bonds is 4. The number of carbonyl (C=O) groups excluding carboxylic acids is 1. The predicted molar refractivity (Wildman–Crippen MR) is 81.4 cm³/mol. The van der Waals surface area contributed by atoms with Gasteiger partial charge in [0, 0.05) is 26.3 Å². The van der Waals surface area contributed by atoms with Crippen molar-refractivity contribution in [3.05, 3.63) is 29.8 Å². The fourth-order valence-corrected chi connectivity index (χ4v) is 2.57. The number of benzene rings is 1. The van der Waals surface area contributed by atoms with E-state index in [-0.39, 0.29) is 11.9 Å². The van der Waals surface area contributed by atoms with Crippen LogP contribution in [0.1, 0.15) is 25.8 Å². The van der Waals surface area contributed by atoms with E-state index in [1.165, 1.54) is 0 Å². The minimum Gasteiger partial charge on any atom is -0.378 e. The van der Waals surface area contributed by atoms with Gasteiger partial charge in [0.1, 0.15) is 11.4 Å². The molecule has 1 fully saturated rings. The van der Waals surface area contributed by atoms with Gasteiger partial charge in [-0.2, -0.15) is 0 Å². The van der Waals surface area contributed by atoms with Gasteiger partial charge in [-0.1, -0.05) is 19.1 Å². The van der Waals surface area contributed by atoms with E-state index in [0.29, 0.717) is 6.54 Å². The number of carbonyl (C=O) groups is 1. The lowest BCUT2D eigenvalue weighted by atomic mass is 9.90. The zero-order valence-electron chi connectivity index (χ0n) is 12.5. The molecule has 1 unspecified atom stereocenters. The largest absolute Gasteiger partial charge is 0.378 e. The number of anilines is 1. The lowest BCUT2D eigenvalue weighted by molar-refractivity contribution is 0.180. The number of urea groups is 1. The maximum atomic E-state index is 12.0. The summed E-state index contributed by atoms with van der Waals surface area (Å²) in [5, 5.41) is 10.8. The Kier molecular flexibility index (Phi) is 3.70. The zero-order chi connectivity index (χ0) is 14.9. The van der Waals surface area contributed by atoms with Crippen LogP contribution in [0.3, 0.4) is 0 Å². The van der Waals surface area contributed by atoms with Crippen LogP contribution in [0.2, 0.25) is 0 Å². The molecule has 1 aromatic rings.